The van der Waals surface area contributed by atoms with E-state index in [1.165, 1.54) is 7.05 Å². The molecule has 0 spiro atoms. The topological polar surface area (TPSA) is 102 Å². The molecule has 174 valence electrons. The predicted molar refractivity (Wildman–Crippen MR) is 125 cm³/mol. The minimum absolute atomic E-state index is 0.330. The van der Waals surface area contributed by atoms with Gasteiger partial charge < -0.3 is 14.8 Å². The summed E-state index contributed by atoms with van der Waals surface area (Å²) in [5.74, 6) is -0.276. The van der Waals surface area contributed by atoms with E-state index in [4.69, 9.17) is 9.47 Å². The Morgan fingerprint density at radius 3 is 2.19 bits per heavy atom. The van der Waals surface area contributed by atoms with Gasteiger partial charge in [-0.3, -0.25) is 9.10 Å². The van der Waals surface area contributed by atoms with Gasteiger partial charge in [-0.25, -0.2) is 13.2 Å². The Morgan fingerprint density at radius 1 is 1.03 bits per heavy atom. The standard InChI is InChI=1S/C23H30N2O6S/c1-5-7-16-30-23(27)17-8-10-18(11-9-17)24-22(26)21(6-2)31-20-14-12-19(13-15-20)25(3)32(4,28)29/h8-15,21H,5-7,16H2,1-4H3,(H,24,26)/t21-/m1/s1. The molecule has 1 N–H and O–H groups in total. The highest BCUT2D eigenvalue weighted by molar-refractivity contribution is 7.92. The number of amides is 1. The Hall–Kier alpha value is -3.07. The smallest absolute Gasteiger partial charge is 0.338 e. The minimum atomic E-state index is -3.36. The van der Waals surface area contributed by atoms with Crippen molar-refractivity contribution >= 4 is 33.3 Å². The van der Waals surface area contributed by atoms with Gasteiger partial charge in [0, 0.05) is 12.7 Å². The zero-order chi connectivity index (χ0) is 23.7. The average Bonchev–Trinajstić information content (AvgIpc) is 2.77. The molecule has 9 heteroatoms. The van der Waals surface area contributed by atoms with Gasteiger partial charge in [0.2, 0.25) is 10.0 Å². The fourth-order valence-electron chi connectivity index (χ4n) is 2.72. The highest BCUT2D eigenvalue weighted by atomic mass is 32.2. The van der Waals surface area contributed by atoms with E-state index < -0.39 is 22.1 Å². The Labute approximate surface area is 189 Å². The normalized spacial score (nSPS) is 12.0. The van der Waals surface area contributed by atoms with Crippen LogP contribution in [0.5, 0.6) is 5.75 Å². The molecule has 1 atom stereocenters. The molecular weight excluding hydrogens is 432 g/mol. The molecule has 0 saturated heterocycles. The number of esters is 1. The van der Waals surface area contributed by atoms with Crippen LogP contribution in [0.3, 0.4) is 0 Å². The summed E-state index contributed by atoms with van der Waals surface area (Å²) in [6, 6.07) is 12.9. The van der Waals surface area contributed by atoms with Crippen molar-refractivity contribution in [2.24, 2.45) is 0 Å². The maximum absolute atomic E-state index is 12.6. The lowest BCUT2D eigenvalue weighted by molar-refractivity contribution is -0.122. The lowest BCUT2D eigenvalue weighted by atomic mass is 10.2. The van der Waals surface area contributed by atoms with Crippen LogP contribution in [0, 0.1) is 0 Å². The van der Waals surface area contributed by atoms with Crippen molar-refractivity contribution in [1.82, 2.24) is 0 Å². The molecule has 0 bridgehead atoms. The summed E-state index contributed by atoms with van der Waals surface area (Å²) in [4.78, 5) is 24.6. The highest BCUT2D eigenvalue weighted by Crippen LogP contribution is 2.22. The number of hydrogen-bond donors (Lipinski definition) is 1. The van der Waals surface area contributed by atoms with Crippen LogP contribution in [-0.4, -0.2) is 46.3 Å². The van der Waals surface area contributed by atoms with Crippen LogP contribution in [0.15, 0.2) is 48.5 Å². The van der Waals surface area contributed by atoms with Crippen LogP contribution in [0.1, 0.15) is 43.5 Å². The fourth-order valence-corrected chi connectivity index (χ4v) is 3.22. The van der Waals surface area contributed by atoms with Gasteiger partial charge in [0.05, 0.1) is 24.1 Å². The Morgan fingerprint density at radius 2 is 1.66 bits per heavy atom. The SMILES string of the molecule is CCCCOC(=O)c1ccc(NC(=O)[C@@H](CC)Oc2ccc(N(C)S(C)(=O)=O)cc2)cc1. The summed E-state index contributed by atoms with van der Waals surface area (Å²) >= 11 is 0. The average molecular weight is 463 g/mol. The van der Waals surface area contributed by atoms with Gasteiger partial charge in [-0.05, 0) is 61.4 Å². The van der Waals surface area contributed by atoms with E-state index in [1.807, 2.05) is 13.8 Å². The quantitative estimate of drug-likeness (QED) is 0.402. The maximum atomic E-state index is 12.6. The number of nitrogens with one attached hydrogen (secondary N) is 1. The van der Waals surface area contributed by atoms with Crippen LogP contribution in [0.4, 0.5) is 11.4 Å². The van der Waals surface area contributed by atoms with E-state index in [-0.39, 0.29) is 5.91 Å². The van der Waals surface area contributed by atoms with E-state index in [1.54, 1.807) is 48.5 Å². The molecule has 0 fully saturated rings. The van der Waals surface area contributed by atoms with Crippen molar-refractivity contribution in [3.63, 3.8) is 0 Å². The molecule has 32 heavy (non-hydrogen) atoms. The maximum Gasteiger partial charge on any atom is 0.338 e. The van der Waals surface area contributed by atoms with Gasteiger partial charge in [-0.15, -0.1) is 0 Å². The number of sulfonamides is 1. The highest BCUT2D eigenvalue weighted by Gasteiger charge is 2.19. The summed E-state index contributed by atoms with van der Waals surface area (Å²) in [7, 11) is -1.90. The van der Waals surface area contributed by atoms with Crippen LogP contribution in [-0.2, 0) is 19.6 Å². The molecule has 0 aliphatic heterocycles. The van der Waals surface area contributed by atoms with E-state index in [2.05, 4.69) is 5.32 Å². The van der Waals surface area contributed by atoms with Gasteiger partial charge >= 0.3 is 5.97 Å². The first kappa shape index (κ1) is 25.2. The van der Waals surface area contributed by atoms with Crippen LogP contribution < -0.4 is 14.4 Å². The zero-order valence-corrected chi connectivity index (χ0v) is 19.6. The molecule has 0 radical (unpaired) electrons. The van der Waals surface area contributed by atoms with Crippen molar-refractivity contribution in [2.45, 2.75) is 39.2 Å². The molecule has 8 nitrogen and oxygen atoms in total. The minimum Gasteiger partial charge on any atom is -0.481 e. The lowest BCUT2D eigenvalue weighted by Crippen LogP contribution is -2.32. The van der Waals surface area contributed by atoms with Gasteiger partial charge in [-0.2, -0.15) is 0 Å². The number of anilines is 2. The number of hydrogen-bond acceptors (Lipinski definition) is 6. The summed E-state index contributed by atoms with van der Waals surface area (Å²) in [6.45, 7) is 4.23. The largest absolute Gasteiger partial charge is 0.481 e. The first-order valence-electron chi connectivity index (χ1n) is 10.4. The van der Waals surface area contributed by atoms with Gasteiger partial charge in [-0.1, -0.05) is 20.3 Å². The molecule has 0 aliphatic carbocycles. The van der Waals surface area contributed by atoms with Gasteiger partial charge in [0.25, 0.3) is 5.91 Å². The van der Waals surface area contributed by atoms with E-state index in [9.17, 15) is 18.0 Å². The van der Waals surface area contributed by atoms with Crippen molar-refractivity contribution in [1.29, 1.82) is 0 Å². The number of carbonyl (C=O) groups is 2. The molecule has 2 rings (SSSR count). The Bertz CT molecular complexity index is 1000. The molecule has 2 aromatic rings. The van der Waals surface area contributed by atoms with E-state index >= 15 is 0 Å². The third kappa shape index (κ3) is 7.26. The summed E-state index contributed by atoms with van der Waals surface area (Å²) in [6.07, 6.45) is 2.57. The summed E-state index contributed by atoms with van der Waals surface area (Å²) in [5, 5.41) is 2.78. The second-order valence-electron chi connectivity index (χ2n) is 7.30. The molecular formula is C23H30N2O6S. The molecule has 0 aromatic heterocycles. The Balaban J connectivity index is 1.97. The first-order chi connectivity index (χ1) is 15.2. The van der Waals surface area contributed by atoms with Crippen molar-refractivity contribution in [3.8, 4) is 5.75 Å². The predicted octanol–water partition coefficient (Wildman–Crippen LogP) is 3.84. The molecule has 0 heterocycles. The first-order valence-corrected chi connectivity index (χ1v) is 12.3. The van der Waals surface area contributed by atoms with E-state index in [0.717, 1.165) is 23.4 Å². The van der Waals surface area contributed by atoms with Crippen LogP contribution >= 0.6 is 0 Å². The summed E-state index contributed by atoms with van der Waals surface area (Å²) < 4.78 is 35.4. The van der Waals surface area contributed by atoms with E-state index in [0.29, 0.717) is 35.7 Å². The third-order valence-corrected chi connectivity index (χ3v) is 5.96. The Kier molecular flexibility index (Phi) is 9.07. The second-order valence-corrected chi connectivity index (χ2v) is 9.31. The zero-order valence-electron chi connectivity index (χ0n) is 18.8. The third-order valence-electron chi connectivity index (χ3n) is 4.76. The van der Waals surface area contributed by atoms with Crippen LogP contribution in [0.2, 0.25) is 0 Å². The molecule has 2 aromatic carbocycles. The van der Waals surface area contributed by atoms with Crippen molar-refractivity contribution < 1.29 is 27.5 Å². The molecule has 1 amide bonds. The molecule has 0 aliphatic rings. The van der Waals surface area contributed by atoms with Crippen molar-refractivity contribution in [3.05, 3.63) is 54.1 Å². The summed E-state index contributed by atoms with van der Waals surface area (Å²) in [5.41, 5.74) is 1.44. The number of rotatable bonds is 11. The number of nitrogens with zero attached hydrogens (tertiary/aromatic N) is 1. The number of benzene rings is 2. The van der Waals surface area contributed by atoms with Crippen molar-refractivity contribution in [2.75, 3.05) is 29.5 Å². The number of carbonyl (C=O) groups excluding carboxylic acids is 2. The lowest BCUT2D eigenvalue weighted by Gasteiger charge is -2.19. The number of unbranched alkanes of at least 4 members (excludes halogenated alkanes) is 1. The van der Waals surface area contributed by atoms with Gasteiger partial charge in [0.1, 0.15) is 5.75 Å². The van der Waals surface area contributed by atoms with Gasteiger partial charge in [0.15, 0.2) is 6.10 Å². The number of ether oxygens (including phenoxy) is 2. The molecule has 0 unspecified atom stereocenters. The molecule has 0 saturated carbocycles. The van der Waals surface area contributed by atoms with Crippen LogP contribution in [0.25, 0.3) is 0 Å². The monoisotopic (exact) mass is 462 g/mol. The fraction of sp³-hybridized carbons (Fsp3) is 0.391. The second kappa shape index (κ2) is 11.5.